The zero-order valence-corrected chi connectivity index (χ0v) is 12.1. The second-order valence-corrected chi connectivity index (χ2v) is 4.94. The van der Waals surface area contributed by atoms with Gasteiger partial charge in [-0.05, 0) is 26.0 Å². The summed E-state index contributed by atoms with van der Waals surface area (Å²) >= 11 is 0. The summed E-state index contributed by atoms with van der Waals surface area (Å²) in [4.78, 5) is 28.0. The SMILES string of the molecule is CCn1cc(C(=O)O)c(=O)c2ccc(-c3cn[nH]c3C)nc21. The third-order valence-electron chi connectivity index (χ3n) is 3.60. The van der Waals surface area contributed by atoms with Crippen molar-refractivity contribution < 1.29 is 9.90 Å². The molecule has 7 heteroatoms. The molecule has 0 spiro atoms. The van der Waals surface area contributed by atoms with Crippen molar-refractivity contribution in [3.63, 3.8) is 0 Å². The van der Waals surface area contributed by atoms with Crippen molar-refractivity contribution in [2.75, 3.05) is 0 Å². The molecule has 3 aromatic heterocycles. The number of aromatic nitrogens is 4. The van der Waals surface area contributed by atoms with Crippen molar-refractivity contribution in [3.05, 3.63) is 46.0 Å². The van der Waals surface area contributed by atoms with Crippen LogP contribution >= 0.6 is 0 Å². The number of carboxylic acid groups (broad SMARTS) is 1. The molecule has 0 aliphatic rings. The first-order chi connectivity index (χ1) is 10.5. The van der Waals surface area contributed by atoms with Gasteiger partial charge < -0.3 is 9.67 Å². The van der Waals surface area contributed by atoms with E-state index in [0.29, 0.717) is 23.3 Å². The highest BCUT2D eigenvalue weighted by Crippen LogP contribution is 2.21. The Labute approximate surface area is 125 Å². The number of aromatic amines is 1. The van der Waals surface area contributed by atoms with Gasteiger partial charge >= 0.3 is 5.97 Å². The van der Waals surface area contributed by atoms with Gasteiger partial charge in [0.1, 0.15) is 11.2 Å². The fourth-order valence-electron chi connectivity index (χ4n) is 2.42. The summed E-state index contributed by atoms with van der Waals surface area (Å²) in [5.41, 5.74) is 2.11. The Kier molecular flexibility index (Phi) is 3.25. The smallest absolute Gasteiger partial charge is 0.341 e. The quantitative estimate of drug-likeness (QED) is 0.768. The molecule has 0 saturated heterocycles. The minimum atomic E-state index is -1.23. The van der Waals surface area contributed by atoms with Crippen LogP contribution in [0.25, 0.3) is 22.3 Å². The van der Waals surface area contributed by atoms with Crippen LogP contribution < -0.4 is 5.43 Å². The maximum Gasteiger partial charge on any atom is 0.341 e. The first-order valence-electron chi connectivity index (χ1n) is 6.80. The number of nitrogens with zero attached hydrogens (tertiary/aromatic N) is 3. The minimum Gasteiger partial charge on any atom is -0.477 e. The number of carboxylic acids is 1. The van der Waals surface area contributed by atoms with Crippen LogP contribution in [0, 0.1) is 6.92 Å². The second kappa shape index (κ2) is 5.10. The van der Waals surface area contributed by atoms with Gasteiger partial charge in [0.15, 0.2) is 0 Å². The molecule has 0 atom stereocenters. The standard InChI is InChI=1S/C15H14N4O3/c1-3-19-7-11(15(21)22)13(20)9-4-5-12(17-14(9)19)10-6-16-18-8(10)2/h4-7H,3H2,1-2H3,(H,16,18)(H,21,22). The summed E-state index contributed by atoms with van der Waals surface area (Å²) in [6.45, 7) is 4.26. The summed E-state index contributed by atoms with van der Waals surface area (Å²) < 4.78 is 1.67. The van der Waals surface area contributed by atoms with Crippen molar-refractivity contribution in [1.29, 1.82) is 0 Å². The molecule has 0 aromatic carbocycles. The van der Waals surface area contributed by atoms with Crippen LogP contribution in [-0.4, -0.2) is 30.8 Å². The van der Waals surface area contributed by atoms with E-state index in [4.69, 9.17) is 5.11 Å². The fourth-order valence-corrected chi connectivity index (χ4v) is 2.42. The molecule has 0 aliphatic carbocycles. The Hall–Kier alpha value is -2.96. The molecule has 7 nitrogen and oxygen atoms in total. The molecular weight excluding hydrogens is 284 g/mol. The van der Waals surface area contributed by atoms with E-state index in [1.807, 2.05) is 13.8 Å². The Morgan fingerprint density at radius 1 is 1.41 bits per heavy atom. The van der Waals surface area contributed by atoms with Crippen molar-refractivity contribution in [2.24, 2.45) is 0 Å². The van der Waals surface area contributed by atoms with E-state index in [1.54, 1.807) is 22.9 Å². The highest BCUT2D eigenvalue weighted by atomic mass is 16.4. The predicted molar refractivity (Wildman–Crippen MR) is 81.0 cm³/mol. The summed E-state index contributed by atoms with van der Waals surface area (Å²) in [6.07, 6.45) is 3.01. The lowest BCUT2D eigenvalue weighted by Gasteiger charge is -2.10. The highest BCUT2D eigenvalue weighted by molar-refractivity contribution is 5.92. The monoisotopic (exact) mass is 298 g/mol. The fraction of sp³-hybridized carbons (Fsp3) is 0.200. The van der Waals surface area contributed by atoms with E-state index in [9.17, 15) is 9.59 Å². The molecule has 2 N–H and O–H groups in total. The molecule has 3 aromatic rings. The predicted octanol–water partition coefficient (Wildman–Crippen LogP) is 1.81. The van der Waals surface area contributed by atoms with Gasteiger partial charge in [-0.3, -0.25) is 9.89 Å². The number of hydrogen-bond acceptors (Lipinski definition) is 4. The van der Waals surface area contributed by atoms with Crippen LogP contribution in [0.5, 0.6) is 0 Å². The molecule has 3 heterocycles. The van der Waals surface area contributed by atoms with E-state index in [1.165, 1.54) is 6.20 Å². The van der Waals surface area contributed by atoms with Crippen molar-refractivity contribution in [2.45, 2.75) is 20.4 Å². The number of carbonyl (C=O) groups is 1. The third-order valence-corrected chi connectivity index (χ3v) is 3.60. The van der Waals surface area contributed by atoms with E-state index < -0.39 is 11.4 Å². The molecule has 22 heavy (non-hydrogen) atoms. The average Bonchev–Trinajstić information content (AvgIpc) is 2.93. The summed E-state index contributed by atoms with van der Waals surface area (Å²) in [6, 6.07) is 3.32. The summed E-state index contributed by atoms with van der Waals surface area (Å²) in [5.74, 6) is -1.23. The molecule has 0 radical (unpaired) electrons. The molecule has 0 bridgehead atoms. The van der Waals surface area contributed by atoms with Gasteiger partial charge in [0.2, 0.25) is 5.43 Å². The zero-order chi connectivity index (χ0) is 15.9. The van der Waals surface area contributed by atoms with E-state index in [2.05, 4.69) is 15.2 Å². The number of H-pyrrole nitrogens is 1. The van der Waals surface area contributed by atoms with Gasteiger partial charge in [0, 0.05) is 24.0 Å². The molecule has 0 saturated carbocycles. The maximum absolute atomic E-state index is 12.3. The van der Waals surface area contributed by atoms with Crippen LogP contribution in [0.2, 0.25) is 0 Å². The Balaban J connectivity index is 2.34. The lowest BCUT2D eigenvalue weighted by atomic mass is 10.1. The Bertz CT molecular complexity index is 940. The van der Waals surface area contributed by atoms with Crippen LogP contribution in [0.3, 0.4) is 0 Å². The lowest BCUT2D eigenvalue weighted by molar-refractivity contribution is 0.0695. The number of hydrogen-bond donors (Lipinski definition) is 2. The first kappa shape index (κ1) is 14.0. The van der Waals surface area contributed by atoms with Gasteiger partial charge in [-0.25, -0.2) is 9.78 Å². The second-order valence-electron chi connectivity index (χ2n) is 4.94. The maximum atomic E-state index is 12.3. The van der Waals surface area contributed by atoms with E-state index in [0.717, 1.165) is 11.3 Å². The highest BCUT2D eigenvalue weighted by Gasteiger charge is 2.16. The van der Waals surface area contributed by atoms with Gasteiger partial charge in [-0.1, -0.05) is 0 Å². The number of aryl methyl sites for hydroxylation is 2. The average molecular weight is 298 g/mol. The van der Waals surface area contributed by atoms with Gasteiger partial charge in [0.05, 0.1) is 17.3 Å². The van der Waals surface area contributed by atoms with Crippen LogP contribution in [0.4, 0.5) is 0 Å². The minimum absolute atomic E-state index is 0.247. The molecule has 0 unspecified atom stereocenters. The first-order valence-corrected chi connectivity index (χ1v) is 6.80. The molecule has 112 valence electrons. The number of rotatable bonds is 3. The topological polar surface area (TPSA) is 101 Å². The molecule has 0 amide bonds. The number of fused-ring (bicyclic) bond motifs is 1. The normalized spacial score (nSPS) is 11.0. The van der Waals surface area contributed by atoms with Crippen LogP contribution in [0.1, 0.15) is 23.0 Å². The molecule has 0 fully saturated rings. The van der Waals surface area contributed by atoms with Gasteiger partial charge in [-0.2, -0.15) is 5.10 Å². The van der Waals surface area contributed by atoms with Crippen molar-refractivity contribution in [1.82, 2.24) is 19.7 Å². The van der Waals surface area contributed by atoms with E-state index in [-0.39, 0.29) is 5.56 Å². The van der Waals surface area contributed by atoms with Gasteiger partial charge in [0.25, 0.3) is 0 Å². The summed E-state index contributed by atoms with van der Waals surface area (Å²) in [5, 5.41) is 16.2. The zero-order valence-electron chi connectivity index (χ0n) is 12.1. The van der Waals surface area contributed by atoms with Gasteiger partial charge in [-0.15, -0.1) is 0 Å². The molecule has 3 rings (SSSR count). The Morgan fingerprint density at radius 2 is 2.18 bits per heavy atom. The summed E-state index contributed by atoms with van der Waals surface area (Å²) in [7, 11) is 0. The molecule has 0 aliphatic heterocycles. The number of aromatic carboxylic acids is 1. The number of pyridine rings is 2. The van der Waals surface area contributed by atoms with Crippen LogP contribution in [0.15, 0.2) is 29.3 Å². The molecular formula is C15H14N4O3. The van der Waals surface area contributed by atoms with Crippen molar-refractivity contribution in [3.8, 4) is 11.3 Å². The van der Waals surface area contributed by atoms with Crippen molar-refractivity contribution >= 4 is 17.0 Å². The van der Waals surface area contributed by atoms with E-state index >= 15 is 0 Å². The third kappa shape index (κ3) is 2.07. The van der Waals surface area contributed by atoms with Crippen LogP contribution in [-0.2, 0) is 6.54 Å². The Morgan fingerprint density at radius 3 is 2.77 bits per heavy atom. The lowest BCUT2D eigenvalue weighted by Crippen LogP contribution is -2.19. The number of nitrogens with one attached hydrogen (secondary N) is 1. The largest absolute Gasteiger partial charge is 0.477 e.